The Morgan fingerprint density at radius 1 is 1.15 bits per heavy atom. The lowest BCUT2D eigenvalue weighted by Gasteiger charge is -2.34. The molecular formula is C20H26BrN3OS. The average Bonchev–Trinajstić information content (AvgIpc) is 3.01. The van der Waals surface area contributed by atoms with Crippen molar-refractivity contribution in [2.24, 2.45) is 0 Å². The topological polar surface area (TPSA) is 35.6 Å². The molecule has 2 aromatic rings. The summed E-state index contributed by atoms with van der Waals surface area (Å²) in [4.78, 5) is 18.5. The third-order valence-electron chi connectivity index (χ3n) is 4.87. The van der Waals surface area contributed by atoms with E-state index in [1.807, 2.05) is 12.1 Å². The van der Waals surface area contributed by atoms with Gasteiger partial charge < -0.3 is 5.32 Å². The normalized spacial score (nSPS) is 17.2. The summed E-state index contributed by atoms with van der Waals surface area (Å²) in [6.07, 6.45) is 0. The highest BCUT2D eigenvalue weighted by Gasteiger charge is 2.20. The van der Waals surface area contributed by atoms with E-state index < -0.39 is 0 Å². The summed E-state index contributed by atoms with van der Waals surface area (Å²) >= 11 is 5.32. The SMILES string of the molecule is Cc1ccccc1[C@H](C)NC(=O)CN1CCN(Cc2ccc(Br)s2)CC1. The molecule has 0 unspecified atom stereocenters. The number of nitrogens with zero attached hydrogens (tertiary/aromatic N) is 2. The molecule has 4 nitrogen and oxygen atoms in total. The quantitative estimate of drug-likeness (QED) is 0.748. The largest absolute Gasteiger partial charge is 0.348 e. The van der Waals surface area contributed by atoms with Crippen LogP contribution in [0.1, 0.15) is 29.0 Å². The van der Waals surface area contributed by atoms with Gasteiger partial charge in [-0.3, -0.25) is 14.6 Å². The number of carbonyl (C=O) groups excluding carboxylic acids is 1. The number of aryl methyl sites for hydroxylation is 1. The molecular weight excluding hydrogens is 410 g/mol. The highest BCUT2D eigenvalue weighted by atomic mass is 79.9. The van der Waals surface area contributed by atoms with Crippen LogP contribution >= 0.6 is 27.3 Å². The monoisotopic (exact) mass is 435 g/mol. The number of hydrogen-bond donors (Lipinski definition) is 1. The Labute approximate surface area is 168 Å². The van der Waals surface area contributed by atoms with E-state index in [1.54, 1.807) is 11.3 Å². The first-order valence-corrected chi connectivity index (χ1v) is 10.7. The summed E-state index contributed by atoms with van der Waals surface area (Å²) in [6, 6.07) is 12.6. The zero-order valence-electron chi connectivity index (χ0n) is 15.4. The lowest BCUT2D eigenvalue weighted by molar-refractivity contribution is -0.123. The van der Waals surface area contributed by atoms with Crippen LogP contribution in [0.4, 0.5) is 0 Å². The highest BCUT2D eigenvalue weighted by Crippen LogP contribution is 2.23. The maximum atomic E-state index is 12.4. The average molecular weight is 436 g/mol. The standard InChI is InChI=1S/C20H26BrN3OS/c1-15-5-3-4-6-18(15)16(2)22-20(25)14-24-11-9-23(10-12-24)13-17-7-8-19(21)26-17/h3-8,16H,9-14H2,1-2H3,(H,22,25)/t16-/m0/s1. The molecule has 0 spiro atoms. The molecule has 26 heavy (non-hydrogen) atoms. The summed E-state index contributed by atoms with van der Waals surface area (Å²) in [5.41, 5.74) is 2.40. The van der Waals surface area contributed by atoms with Crippen LogP contribution in [0.15, 0.2) is 40.2 Å². The van der Waals surface area contributed by atoms with E-state index in [9.17, 15) is 4.79 Å². The molecule has 1 saturated heterocycles. The van der Waals surface area contributed by atoms with Gasteiger partial charge in [-0.1, -0.05) is 24.3 Å². The summed E-state index contributed by atoms with van der Waals surface area (Å²) in [5.74, 6) is 0.108. The van der Waals surface area contributed by atoms with Gasteiger partial charge in [0.1, 0.15) is 0 Å². The van der Waals surface area contributed by atoms with E-state index in [2.05, 4.69) is 69.2 Å². The molecule has 1 atom stereocenters. The van der Waals surface area contributed by atoms with Crippen molar-refractivity contribution in [3.05, 3.63) is 56.2 Å². The first-order valence-electron chi connectivity index (χ1n) is 9.05. The van der Waals surface area contributed by atoms with Crippen LogP contribution in [-0.2, 0) is 11.3 Å². The molecule has 1 N–H and O–H groups in total. The van der Waals surface area contributed by atoms with Crippen LogP contribution in [-0.4, -0.2) is 48.4 Å². The molecule has 1 aliphatic rings. The maximum absolute atomic E-state index is 12.4. The van der Waals surface area contributed by atoms with E-state index in [-0.39, 0.29) is 11.9 Å². The van der Waals surface area contributed by atoms with E-state index >= 15 is 0 Å². The van der Waals surface area contributed by atoms with Crippen LogP contribution in [0.2, 0.25) is 0 Å². The molecule has 1 aliphatic heterocycles. The molecule has 1 amide bonds. The fourth-order valence-electron chi connectivity index (χ4n) is 3.40. The number of rotatable bonds is 6. The lowest BCUT2D eigenvalue weighted by Crippen LogP contribution is -2.49. The first kappa shape index (κ1) is 19.5. The Morgan fingerprint density at radius 2 is 1.85 bits per heavy atom. The Bertz CT molecular complexity index is 740. The van der Waals surface area contributed by atoms with Gasteiger partial charge in [0.25, 0.3) is 0 Å². The van der Waals surface area contributed by atoms with E-state index in [0.29, 0.717) is 6.54 Å². The Hall–Kier alpha value is -1.21. The summed E-state index contributed by atoms with van der Waals surface area (Å²) < 4.78 is 1.19. The molecule has 3 rings (SSSR count). The van der Waals surface area contributed by atoms with Crippen molar-refractivity contribution in [1.29, 1.82) is 0 Å². The van der Waals surface area contributed by atoms with Gasteiger partial charge in [-0.2, -0.15) is 0 Å². The third kappa shape index (κ3) is 5.39. The van der Waals surface area contributed by atoms with Gasteiger partial charge in [-0.15, -0.1) is 11.3 Å². The van der Waals surface area contributed by atoms with Crippen LogP contribution in [0.25, 0.3) is 0 Å². The van der Waals surface area contributed by atoms with Crippen LogP contribution in [0.3, 0.4) is 0 Å². The Morgan fingerprint density at radius 3 is 2.50 bits per heavy atom. The summed E-state index contributed by atoms with van der Waals surface area (Å²) in [6.45, 7) is 9.53. The van der Waals surface area contributed by atoms with E-state index in [1.165, 1.54) is 19.8 Å². The van der Waals surface area contributed by atoms with Crippen LogP contribution < -0.4 is 5.32 Å². The van der Waals surface area contributed by atoms with Gasteiger partial charge in [0.15, 0.2) is 0 Å². The van der Waals surface area contributed by atoms with Crippen molar-refractivity contribution in [2.75, 3.05) is 32.7 Å². The molecule has 0 radical (unpaired) electrons. The van der Waals surface area contributed by atoms with Crippen molar-refractivity contribution >= 4 is 33.2 Å². The molecule has 140 valence electrons. The molecule has 1 fully saturated rings. The predicted molar refractivity (Wildman–Crippen MR) is 111 cm³/mol. The van der Waals surface area contributed by atoms with Gasteiger partial charge in [-0.05, 0) is 53.0 Å². The zero-order valence-corrected chi connectivity index (χ0v) is 17.8. The second-order valence-electron chi connectivity index (χ2n) is 6.90. The number of thiophene rings is 1. The van der Waals surface area contributed by atoms with Gasteiger partial charge in [0.2, 0.25) is 5.91 Å². The first-order chi connectivity index (χ1) is 12.5. The van der Waals surface area contributed by atoms with Crippen molar-refractivity contribution in [3.63, 3.8) is 0 Å². The number of halogens is 1. The number of nitrogens with one attached hydrogen (secondary N) is 1. The Kier molecular flexibility index (Phi) is 6.86. The zero-order chi connectivity index (χ0) is 18.5. The van der Waals surface area contributed by atoms with Crippen LogP contribution in [0.5, 0.6) is 0 Å². The molecule has 1 aromatic carbocycles. The van der Waals surface area contributed by atoms with Crippen LogP contribution in [0, 0.1) is 6.92 Å². The van der Waals surface area contributed by atoms with Gasteiger partial charge in [0.05, 0.1) is 16.4 Å². The van der Waals surface area contributed by atoms with E-state index in [4.69, 9.17) is 0 Å². The number of hydrogen-bond acceptors (Lipinski definition) is 4. The highest BCUT2D eigenvalue weighted by molar-refractivity contribution is 9.11. The summed E-state index contributed by atoms with van der Waals surface area (Å²) in [7, 11) is 0. The van der Waals surface area contributed by atoms with Crippen molar-refractivity contribution < 1.29 is 4.79 Å². The maximum Gasteiger partial charge on any atom is 0.234 e. The fraction of sp³-hybridized carbons (Fsp3) is 0.450. The predicted octanol–water partition coefficient (Wildman–Crippen LogP) is 3.81. The Balaban J connectivity index is 1.42. The molecule has 6 heteroatoms. The van der Waals surface area contributed by atoms with Gasteiger partial charge >= 0.3 is 0 Å². The smallest absolute Gasteiger partial charge is 0.234 e. The number of benzene rings is 1. The minimum atomic E-state index is 0.0438. The fourth-order valence-corrected chi connectivity index (χ4v) is 4.93. The van der Waals surface area contributed by atoms with Gasteiger partial charge in [0, 0.05) is 37.6 Å². The van der Waals surface area contributed by atoms with Crippen molar-refractivity contribution in [3.8, 4) is 0 Å². The molecule has 0 bridgehead atoms. The minimum absolute atomic E-state index is 0.0438. The van der Waals surface area contributed by atoms with E-state index in [0.717, 1.165) is 32.7 Å². The number of piperazine rings is 1. The second-order valence-corrected chi connectivity index (χ2v) is 9.45. The molecule has 0 saturated carbocycles. The van der Waals surface area contributed by atoms with Crippen molar-refractivity contribution in [1.82, 2.24) is 15.1 Å². The number of carbonyl (C=O) groups is 1. The summed E-state index contributed by atoms with van der Waals surface area (Å²) in [5, 5.41) is 3.14. The number of amides is 1. The molecule has 0 aliphatic carbocycles. The lowest BCUT2D eigenvalue weighted by atomic mass is 10.0. The molecule has 2 heterocycles. The molecule has 1 aromatic heterocycles. The minimum Gasteiger partial charge on any atom is -0.348 e. The second kappa shape index (κ2) is 9.13. The third-order valence-corrected chi connectivity index (χ3v) is 6.48. The van der Waals surface area contributed by atoms with Crippen molar-refractivity contribution in [2.45, 2.75) is 26.4 Å². The van der Waals surface area contributed by atoms with Gasteiger partial charge in [-0.25, -0.2) is 0 Å².